The molecule has 0 saturated carbocycles. The third-order valence-electron chi connectivity index (χ3n) is 5.86. The second-order valence-corrected chi connectivity index (χ2v) is 7.54. The van der Waals surface area contributed by atoms with E-state index in [-0.39, 0.29) is 17.9 Å². The molecule has 1 spiro atoms. The lowest BCUT2D eigenvalue weighted by Gasteiger charge is -2.23. The molecule has 2 amide bonds. The Morgan fingerprint density at radius 3 is 3.15 bits per heavy atom. The number of nitrogens with zero attached hydrogens (tertiary/aromatic N) is 4. The maximum absolute atomic E-state index is 12.8. The van der Waals surface area contributed by atoms with Gasteiger partial charge in [0.2, 0.25) is 11.8 Å². The molecule has 5 rings (SSSR count). The van der Waals surface area contributed by atoms with Crippen LogP contribution in [0.1, 0.15) is 6.42 Å². The monoisotopic (exact) mass is 367 g/mol. The molecule has 8 nitrogen and oxygen atoms in total. The van der Waals surface area contributed by atoms with Crippen molar-refractivity contribution < 1.29 is 14.3 Å². The predicted octanol–water partition coefficient (Wildman–Crippen LogP) is 0.349. The number of carbonyl (C=O) groups is 2. The Labute approximate surface area is 156 Å². The third kappa shape index (κ3) is 2.39. The van der Waals surface area contributed by atoms with Crippen LogP contribution < -0.4 is 5.32 Å². The second kappa shape index (κ2) is 5.88. The molecule has 2 bridgehead atoms. The van der Waals surface area contributed by atoms with Crippen LogP contribution in [-0.2, 0) is 20.9 Å². The van der Waals surface area contributed by atoms with E-state index >= 15 is 0 Å². The topological polar surface area (TPSA) is 89.3 Å². The first kappa shape index (κ1) is 16.4. The minimum Gasteiger partial charge on any atom is -0.360 e. The fourth-order valence-corrected chi connectivity index (χ4v) is 4.63. The maximum Gasteiger partial charge on any atom is 0.229 e. The van der Waals surface area contributed by atoms with Crippen LogP contribution in [-0.4, -0.2) is 63.6 Å². The lowest BCUT2D eigenvalue weighted by Crippen LogP contribution is -2.44. The van der Waals surface area contributed by atoms with Gasteiger partial charge in [0.05, 0.1) is 30.0 Å². The molecule has 140 valence electrons. The number of aryl methyl sites for hydroxylation is 1. The number of aromatic nitrogens is 3. The number of likely N-dealkylation sites (N-methyl/N-ethyl adjacent to an activating group) is 1. The van der Waals surface area contributed by atoms with Gasteiger partial charge in [0.15, 0.2) is 0 Å². The molecule has 2 saturated heterocycles. The zero-order valence-electron chi connectivity index (χ0n) is 15.0. The number of nitrogens with one attached hydrogen (secondary N) is 1. The first-order valence-electron chi connectivity index (χ1n) is 9.27. The van der Waals surface area contributed by atoms with Crippen molar-refractivity contribution in [1.82, 2.24) is 25.2 Å². The molecule has 1 aromatic carbocycles. The highest BCUT2D eigenvalue weighted by atomic mass is 16.5. The molecule has 4 heterocycles. The first-order chi connectivity index (χ1) is 13.1. The van der Waals surface area contributed by atoms with Gasteiger partial charge in [-0.25, -0.2) is 4.68 Å². The molecule has 2 aromatic rings. The van der Waals surface area contributed by atoms with E-state index in [0.29, 0.717) is 19.6 Å². The van der Waals surface area contributed by atoms with E-state index in [0.717, 1.165) is 17.5 Å². The maximum atomic E-state index is 12.8. The lowest BCUT2D eigenvalue weighted by molar-refractivity contribution is -0.136. The smallest absolute Gasteiger partial charge is 0.229 e. The summed E-state index contributed by atoms with van der Waals surface area (Å²) in [7, 11) is 1.76. The number of carbonyl (C=O) groups excluding carboxylic acids is 2. The van der Waals surface area contributed by atoms with Crippen molar-refractivity contribution in [2.24, 2.45) is 11.8 Å². The summed E-state index contributed by atoms with van der Waals surface area (Å²) >= 11 is 0. The van der Waals surface area contributed by atoms with Crippen LogP contribution in [0.15, 0.2) is 36.4 Å². The quantitative estimate of drug-likeness (QED) is 0.608. The van der Waals surface area contributed by atoms with Crippen LogP contribution in [0.3, 0.4) is 0 Å². The Bertz CT molecular complexity index is 954. The second-order valence-electron chi connectivity index (χ2n) is 7.54. The number of hydrogen-bond donors (Lipinski definition) is 1. The van der Waals surface area contributed by atoms with Gasteiger partial charge in [-0.05, 0) is 18.6 Å². The molecule has 1 N–H and O–H groups in total. The average molecular weight is 367 g/mol. The molecular weight excluding hydrogens is 346 g/mol. The van der Waals surface area contributed by atoms with Gasteiger partial charge in [0.25, 0.3) is 0 Å². The normalized spacial score (nSPS) is 31.1. The van der Waals surface area contributed by atoms with Gasteiger partial charge in [-0.15, -0.1) is 5.10 Å². The summed E-state index contributed by atoms with van der Waals surface area (Å²) in [5.74, 6) is -0.962. The van der Waals surface area contributed by atoms with Gasteiger partial charge in [-0.2, -0.15) is 0 Å². The molecule has 1 aromatic heterocycles. The molecule has 3 aliphatic rings. The van der Waals surface area contributed by atoms with Gasteiger partial charge in [0.1, 0.15) is 11.1 Å². The summed E-state index contributed by atoms with van der Waals surface area (Å²) in [5, 5.41) is 11.3. The lowest BCUT2D eigenvalue weighted by atomic mass is 9.77. The standard InChI is InChI=1S/C19H21N5O3/c1-23-11-19-8-7-14(27-19)15(16(19)18(23)26)17(25)20-9-4-10-24-13-6-3-2-5-12(13)21-22-24/h2-3,5-8,14-16H,4,9-11H2,1H3,(H,20,25)/t14-,15-,16+,19-/m0/s1. The minimum absolute atomic E-state index is 0.00362. The molecular formula is C19H21N5O3. The molecule has 27 heavy (non-hydrogen) atoms. The van der Waals surface area contributed by atoms with Crippen molar-refractivity contribution in [1.29, 1.82) is 0 Å². The van der Waals surface area contributed by atoms with E-state index in [2.05, 4.69) is 15.6 Å². The summed E-state index contributed by atoms with van der Waals surface area (Å²) in [6, 6.07) is 7.79. The largest absolute Gasteiger partial charge is 0.360 e. The SMILES string of the molecule is CN1C[C@]23C=C[C@H](O2)[C@H](C(=O)NCCCn2nnc4ccccc42)[C@@H]3C1=O. The summed E-state index contributed by atoms with van der Waals surface area (Å²) in [5.41, 5.74) is 1.23. The molecule has 2 fully saturated rings. The number of hydrogen-bond acceptors (Lipinski definition) is 5. The van der Waals surface area contributed by atoms with E-state index in [1.54, 1.807) is 11.9 Å². The Morgan fingerprint density at radius 2 is 2.26 bits per heavy atom. The Kier molecular flexibility index (Phi) is 3.58. The number of rotatable bonds is 5. The predicted molar refractivity (Wildman–Crippen MR) is 96.5 cm³/mol. The summed E-state index contributed by atoms with van der Waals surface area (Å²) in [6.45, 7) is 1.71. The number of benzene rings is 1. The summed E-state index contributed by atoms with van der Waals surface area (Å²) in [4.78, 5) is 26.9. The van der Waals surface area contributed by atoms with E-state index in [4.69, 9.17) is 4.74 Å². The summed E-state index contributed by atoms with van der Waals surface area (Å²) in [6.07, 6.45) is 4.32. The zero-order valence-corrected chi connectivity index (χ0v) is 15.0. The number of likely N-dealkylation sites (tertiary alicyclic amines) is 1. The third-order valence-corrected chi connectivity index (χ3v) is 5.86. The van der Waals surface area contributed by atoms with Crippen LogP contribution in [0.2, 0.25) is 0 Å². The molecule has 8 heteroatoms. The number of ether oxygens (including phenoxy) is 1. The minimum atomic E-state index is -0.613. The fourth-order valence-electron chi connectivity index (χ4n) is 4.63. The van der Waals surface area contributed by atoms with Crippen LogP contribution in [0.4, 0.5) is 0 Å². The van der Waals surface area contributed by atoms with Crippen molar-refractivity contribution in [3.05, 3.63) is 36.4 Å². The number of para-hydroxylation sites is 1. The van der Waals surface area contributed by atoms with Crippen molar-refractivity contribution in [2.45, 2.75) is 24.7 Å². The van der Waals surface area contributed by atoms with Crippen LogP contribution in [0, 0.1) is 11.8 Å². The van der Waals surface area contributed by atoms with Gasteiger partial charge in [0, 0.05) is 20.1 Å². The van der Waals surface area contributed by atoms with Crippen molar-refractivity contribution in [3.8, 4) is 0 Å². The van der Waals surface area contributed by atoms with Gasteiger partial charge in [-0.3, -0.25) is 9.59 Å². The number of fused-ring (bicyclic) bond motifs is 2. The molecule has 4 atom stereocenters. The average Bonchev–Trinajstić information content (AvgIpc) is 3.39. The molecule has 0 aliphatic carbocycles. The zero-order chi connectivity index (χ0) is 18.6. The van der Waals surface area contributed by atoms with Crippen molar-refractivity contribution >= 4 is 22.8 Å². The van der Waals surface area contributed by atoms with Crippen LogP contribution in [0.5, 0.6) is 0 Å². The molecule has 3 aliphatic heterocycles. The highest BCUT2D eigenvalue weighted by molar-refractivity contribution is 5.92. The number of amides is 2. The van der Waals surface area contributed by atoms with Crippen LogP contribution >= 0.6 is 0 Å². The van der Waals surface area contributed by atoms with E-state index in [9.17, 15) is 9.59 Å². The first-order valence-corrected chi connectivity index (χ1v) is 9.27. The van der Waals surface area contributed by atoms with E-state index < -0.39 is 17.4 Å². The van der Waals surface area contributed by atoms with E-state index in [1.165, 1.54) is 0 Å². The Balaban J connectivity index is 1.21. The summed E-state index contributed by atoms with van der Waals surface area (Å²) < 4.78 is 7.86. The fraction of sp³-hybridized carbons (Fsp3) is 0.474. The Hall–Kier alpha value is -2.74. The van der Waals surface area contributed by atoms with Gasteiger partial charge < -0.3 is 15.0 Å². The highest BCUT2D eigenvalue weighted by Crippen LogP contribution is 2.51. The van der Waals surface area contributed by atoms with Gasteiger partial charge >= 0.3 is 0 Å². The Morgan fingerprint density at radius 1 is 1.41 bits per heavy atom. The van der Waals surface area contributed by atoms with E-state index in [1.807, 2.05) is 41.1 Å². The molecule has 0 unspecified atom stereocenters. The van der Waals surface area contributed by atoms with Crippen molar-refractivity contribution in [2.75, 3.05) is 20.1 Å². The van der Waals surface area contributed by atoms with Crippen molar-refractivity contribution in [3.63, 3.8) is 0 Å². The molecule has 0 radical (unpaired) electrons. The highest BCUT2D eigenvalue weighted by Gasteiger charge is 2.66. The van der Waals surface area contributed by atoms with Crippen LogP contribution in [0.25, 0.3) is 11.0 Å². The van der Waals surface area contributed by atoms with Gasteiger partial charge in [-0.1, -0.05) is 29.5 Å².